The average molecular weight is 345 g/mol. The van der Waals surface area contributed by atoms with Gasteiger partial charge in [0.1, 0.15) is 5.76 Å². The van der Waals surface area contributed by atoms with Crippen molar-refractivity contribution in [3.05, 3.63) is 22.7 Å². The Bertz CT molecular complexity index is 858. The topological polar surface area (TPSA) is 98.2 Å². The van der Waals surface area contributed by atoms with Gasteiger partial charge in [-0.15, -0.1) is 0 Å². The first-order valence-corrected chi connectivity index (χ1v) is 8.29. The Morgan fingerprint density at radius 3 is 2.60 bits per heavy atom. The summed E-state index contributed by atoms with van der Waals surface area (Å²) in [6.45, 7) is 10.9. The lowest BCUT2D eigenvalue weighted by atomic mass is 9.76. The van der Waals surface area contributed by atoms with E-state index < -0.39 is 5.54 Å². The zero-order chi connectivity index (χ0) is 18.6. The molecule has 2 aromatic rings. The Labute approximate surface area is 146 Å². The summed E-state index contributed by atoms with van der Waals surface area (Å²) in [7, 11) is 0. The highest BCUT2D eigenvalue weighted by molar-refractivity contribution is 6.01. The van der Waals surface area contributed by atoms with E-state index in [1.807, 2.05) is 20.8 Å². The minimum Gasteiger partial charge on any atom is -0.455 e. The van der Waals surface area contributed by atoms with Crippen LogP contribution in [0.1, 0.15) is 68.5 Å². The monoisotopic (exact) mass is 345 g/mol. The highest BCUT2D eigenvalue weighted by Gasteiger charge is 2.37. The molecule has 0 unspecified atom stereocenters. The molecule has 1 amide bonds. The first-order chi connectivity index (χ1) is 11.5. The second-order valence-electron chi connectivity index (χ2n) is 8.02. The van der Waals surface area contributed by atoms with Crippen LogP contribution in [0.15, 0.2) is 8.94 Å². The van der Waals surface area contributed by atoms with Crippen molar-refractivity contribution in [1.29, 1.82) is 0 Å². The molecule has 2 heterocycles. The predicted octanol–water partition coefficient (Wildman–Crippen LogP) is 3.16. The Morgan fingerprint density at radius 1 is 1.28 bits per heavy atom. The quantitative estimate of drug-likeness (QED) is 0.917. The lowest BCUT2D eigenvalue weighted by molar-refractivity contribution is -0.120. The number of hydrogen-bond donors (Lipinski definition) is 1. The third-order valence-corrected chi connectivity index (χ3v) is 4.44. The van der Waals surface area contributed by atoms with Crippen molar-refractivity contribution in [2.45, 2.75) is 59.9 Å². The van der Waals surface area contributed by atoms with Gasteiger partial charge >= 0.3 is 0 Å². The standard InChI is InChI=1S/C18H23N3O4/c1-9-13-11(23)7-17(3,4)8-12(13)24-14(9)15-19-16(21-25-15)18(5,6)20-10(2)22/h7-8H2,1-6H3,(H,20,22). The molecule has 0 saturated heterocycles. The number of furan rings is 1. The second-order valence-corrected chi connectivity index (χ2v) is 8.02. The molecule has 0 saturated carbocycles. The molecule has 0 bridgehead atoms. The maximum absolute atomic E-state index is 12.5. The molecule has 0 radical (unpaired) electrons. The van der Waals surface area contributed by atoms with Crippen LogP contribution in [-0.4, -0.2) is 21.8 Å². The molecule has 0 aliphatic heterocycles. The van der Waals surface area contributed by atoms with Gasteiger partial charge in [-0.25, -0.2) is 0 Å². The molecule has 1 N–H and O–H groups in total. The van der Waals surface area contributed by atoms with Crippen LogP contribution in [0.5, 0.6) is 0 Å². The molecular weight excluding hydrogens is 322 g/mol. The van der Waals surface area contributed by atoms with Gasteiger partial charge in [0.15, 0.2) is 17.4 Å². The zero-order valence-corrected chi connectivity index (χ0v) is 15.4. The van der Waals surface area contributed by atoms with Crippen LogP contribution in [0.3, 0.4) is 0 Å². The lowest BCUT2D eigenvalue weighted by Gasteiger charge is -2.27. The maximum Gasteiger partial charge on any atom is 0.294 e. The van der Waals surface area contributed by atoms with Crippen molar-refractivity contribution in [2.75, 3.05) is 0 Å². The van der Waals surface area contributed by atoms with Crippen LogP contribution in [0, 0.1) is 12.3 Å². The molecule has 0 aromatic carbocycles. The van der Waals surface area contributed by atoms with E-state index in [9.17, 15) is 9.59 Å². The van der Waals surface area contributed by atoms with E-state index in [0.29, 0.717) is 35.7 Å². The molecule has 0 fully saturated rings. The molecule has 134 valence electrons. The number of nitrogens with one attached hydrogen (secondary N) is 1. The average Bonchev–Trinajstić information content (AvgIpc) is 3.01. The predicted molar refractivity (Wildman–Crippen MR) is 90.0 cm³/mol. The van der Waals surface area contributed by atoms with E-state index in [2.05, 4.69) is 15.5 Å². The minimum atomic E-state index is -0.772. The van der Waals surface area contributed by atoms with E-state index in [1.165, 1.54) is 6.92 Å². The van der Waals surface area contributed by atoms with E-state index in [0.717, 1.165) is 5.56 Å². The van der Waals surface area contributed by atoms with Gasteiger partial charge in [0.25, 0.3) is 5.89 Å². The summed E-state index contributed by atoms with van der Waals surface area (Å²) in [6, 6.07) is 0. The van der Waals surface area contributed by atoms with E-state index >= 15 is 0 Å². The number of hydrogen-bond acceptors (Lipinski definition) is 6. The molecule has 3 rings (SSSR count). The van der Waals surface area contributed by atoms with E-state index in [1.54, 1.807) is 13.8 Å². The maximum atomic E-state index is 12.5. The lowest BCUT2D eigenvalue weighted by Crippen LogP contribution is -2.40. The first-order valence-electron chi connectivity index (χ1n) is 8.29. The number of carbonyl (C=O) groups excluding carboxylic acids is 2. The highest BCUT2D eigenvalue weighted by atomic mass is 16.5. The van der Waals surface area contributed by atoms with Crippen molar-refractivity contribution in [1.82, 2.24) is 15.5 Å². The molecule has 7 nitrogen and oxygen atoms in total. The normalized spacial score (nSPS) is 16.6. The third-order valence-electron chi connectivity index (χ3n) is 4.44. The minimum absolute atomic E-state index is 0.0806. The van der Waals surface area contributed by atoms with Gasteiger partial charge in [-0.3, -0.25) is 9.59 Å². The van der Waals surface area contributed by atoms with Gasteiger partial charge in [-0.05, 0) is 26.2 Å². The van der Waals surface area contributed by atoms with Gasteiger partial charge < -0.3 is 14.3 Å². The summed E-state index contributed by atoms with van der Waals surface area (Å²) in [5.41, 5.74) is 0.461. The smallest absolute Gasteiger partial charge is 0.294 e. The Hall–Kier alpha value is -2.44. The fourth-order valence-electron chi connectivity index (χ4n) is 3.35. The van der Waals surface area contributed by atoms with Crippen molar-refractivity contribution in [3.8, 4) is 11.7 Å². The Balaban J connectivity index is 2.00. The van der Waals surface area contributed by atoms with Crippen LogP contribution in [0.2, 0.25) is 0 Å². The first kappa shape index (κ1) is 17.4. The number of rotatable bonds is 3. The molecular formula is C18H23N3O4. The van der Waals surface area contributed by atoms with Crippen molar-refractivity contribution >= 4 is 11.7 Å². The summed E-state index contributed by atoms with van der Waals surface area (Å²) in [4.78, 5) is 28.2. The van der Waals surface area contributed by atoms with Gasteiger partial charge in [-0.2, -0.15) is 4.98 Å². The summed E-state index contributed by atoms with van der Waals surface area (Å²) >= 11 is 0. The summed E-state index contributed by atoms with van der Waals surface area (Å²) < 4.78 is 11.3. The van der Waals surface area contributed by atoms with Gasteiger partial charge in [0.2, 0.25) is 5.91 Å². The second kappa shape index (κ2) is 5.54. The molecule has 2 aromatic heterocycles. The number of ketones is 1. The fraction of sp³-hybridized carbons (Fsp3) is 0.556. The number of Topliss-reactive ketones (excluding diaryl/α,β-unsaturated/α-hetero) is 1. The van der Waals surface area contributed by atoms with Gasteiger partial charge in [-0.1, -0.05) is 19.0 Å². The molecule has 7 heteroatoms. The third kappa shape index (κ3) is 3.10. The van der Waals surface area contributed by atoms with Crippen molar-refractivity contribution in [2.24, 2.45) is 5.41 Å². The molecule has 1 aliphatic rings. The molecule has 1 aliphatic carbocycles. The van der Waals surface area contributed by atoms with E-state index in [-0.39, 0.29) is 23.0 Å². The summed E-state index contributed by atoms with van der Waals surface area (Å²) in [6.07, 6.45) is 1.18. The summed E-state index contributed by atoms with van der Waals surface area (Å²) in [5.74, 6) is 1.55. The van der Waals surface area contributed by atoms with Crippen molar-refractivity contribution < 1.29 is 18.5 Å². The van der Waals surface area contributed by atoms with Gasteiger partial charge in [0, 0.05) is 25.3 Å². The largest absolute Gasteiger partial charge is 0.455 e. The van der Waals surface area contributed by atoms with Gasteiger partial charge in [0.05, 0.1) is 11.1 Å². The van der Waals surface area contributed by atoms with Crippen LogP contribution >= 0.6 is 0 Å². The van der Waals surface area contributed by atoms with Crippen LogP contribution in [-0.2, 0) is 16.8 Å². The molecule has 25 heavy (non-hydrogen) atoms. The fourth-order valence-corrected chi connectivity index (χ4v) is 3.35. The van der Waals surface area contributed by atoms with Crippen molar-refractivity contribution in [3.63, 3.8) is 0 Å². The molecule has 0 atom stereocenters. The Morgan fingerprint density at radius 2 is 1.96 bits per heavy atom. The number of nitrogens with zero attached hydrogens (tertiary/aromatic N) is 2. The SMILES string of the molecule is CC(=O)NC(C)(C)c1noc(-c2oc3c(c2C)C(=O)CC(C)(C)C3)n1. The van der Waals surface area contributed by atoms with Crippen LogP contribution in [0.4, 0.5) is 0 Å². The van der Waals surface area contributed by atoms with Crippen LogP contribution < -0.4 is 5.32 Å². The zero-order valence-electron chi connectivity index (χ0n) is 15.4. The number of fused-ring (bicyclic) bond motifs is 1. The summed E-state index contributed by atoms with van der Waals surface area (Å²) in [5, 5.41) is 6.74. The van der Waals surface area contributed by atoms with Crippen LogP contribution in [0.25, 0.3) is 11.7 Å². The number of amides is 1. The molecule has 0 spiro atoms. The highest BCUT2D eigenvalue weighted by Crippen LogP contribution is 2.41. The number of aromatic nitrogens is 2. The van der Waals surface area contributed by atoms with E-state index in [4.69, 9.17) is 8.94 Å². The Kier molecular flexibility index (Phi) is 3.85. The number of carbonyl (C=O) groups is 2.